The van der Waals surface area contributed by atoms with Crippen molar-refractivity contribution in [3.05, 3.63) is 77.2 Å². The zero-order valence-corrected chi connectivity index (χ0v) is 13.9. The van der Waals surface area contributed by atoms with E-state index in [1.54, 1.807) is 6.08 Å². The van der Waals surface area contributed by atoms with E-state index >= 15 is 0 Å². The number of anilines is 1. The molecule has 1 heterocycles. The maximum atomic E-state index is 12.9. The van der Waals surface area contributed by atoms with Crippen LogP contribution >= 0.6 is 11.6 Å². The molecule has 1 aliphatic rings. The van der Waals surface area contributed by atoms with Gasteiger partial charge in [0, 0.05) is 54.7 Å². The molecule has 3 rings (SSSR count). The lowest BCUT2D eigenvalue weighted by molar-refractivity contribution is 0.104. The predicted octanol–water partition coefficient (Wildman–Crippen LogP) is 4.00. The number of hydrogen-bond donors (Lipinski definition) is 0. The van der Waals surface area contributed by atoms with E-state index in [2.05, 4.69) is 9.80 Å². The van der Waals surface area contributed by atoms with Gasteiger partial charge in [0.15, 0.2) is 5.78 Å². The van der Waals surface area contributed by atoms with Crippen molar-refractivity contribution in [1.29, 1.82) is 0 Å². The summed E-state index contributed by atoms with van der Waals surface area (Å²) in [6, 6.07) is 13.4. The molecule has 0 unspecified atom stereocenters. The van der Waals surface area contributed by atoms with Gasteiger partial charge in [0.05, 0.1) is 0 Å². The van der Waals surface area contributed by atoms with Crippen molar-refractivity contribution in [3.8, 4) is 0 Å². The van der Waals surface area contributed by atoms with E-state index in [9.17, 15) is 9.18 Å². The van der Waals surface area contributed by atoms with Gasteiger partial charge < -0.3 is 9.80 Å². The Morgan fingerprint density at radius 2 is 1.58 bits per heavy atom. The number of piperazine rings is 1. The molecule has 1 fully saturated rings. The molecule has 3 nitrogen and oxygen atoms in total. The number of halogens is 2. The van der Waals surface area contributed by atoms with Gasteiger partial charge in [-0.05, 0) is 48.5 Å². The summed E-state index contributed by atoms with van der Waals surface area (Å²) >= 11 is 5.92. The van der Waals surface area contributed by atoms with Crippen LogP contribution < -0.4 is 4.90 Å². The van der Waals surface area contributed by atoms with Gasteiger partial charge in [-0.25, -0.2) is 4.39 Å². The van der Waals surface area contributed by atoms with Crippen LogP contribution in [0.1, 0.15) is 10.4 Å². The fourth-order valence-electron chi connectivity index (χ4n) is 2.66. The molecule has 0 N–H and O–H groups in total. The molecule has 124 valence electrons. The summed E-state index contributed by atoms with van der Waals surface area (Å²) in [4.78, 5) is 16.5. The first-order chi connectivity index (χ1) is 11.6. The Hall–Kier alpha value is -2.33. The second kappa shape index (κ2) is 7.49. The molecule has 0 saturated carbocycles. The number of ketones is 1. The third-order valence-corrected chi connectivity index (χ3v) is 4.32. The highest BCUT2D eigenvalue weighted by atomic mass is 35.5. The highest BCUT2D eigenvalue weighted by Crippen LogP contribution is 2.19. The van der Waals surface area contributed by atoms with E-state index < -0.39 is 0 Å². The molecule has 0 atom stereocenters. The van der Waals surface area contributed by atoms with Crippen LogP contribution in [0.5, 0.6) is 0 Å². The highest BCUT2D eigenvalue weighted by molar-refractivity contribution is 6.30. The van der Waals surface area contributed by atoms with Crippen molar-refractivity contribution < 1.29 is 9.18 Å². The number of carbonyl (C=O) groups excluding carboxylic acids is 1. The smallest absolute Gasteiger partial charge is 0.187 e. The molecule has 2 aromatic carbocycles. The number of allylic oxidation sites excluding steroid dienone is 1. The van der Waals surface area contributed by atoms with Crippen molar-refractivity contribution >= 4 is 23.1 Å². The van der Waals surface area contributed by atoms with Crippen molar-refractivity contribution in [2.24, 2.45) is 0 Å². The minimum atomic E-state index is -0.339. The summed E-state index contributed by atoms with van der Waals surface area (Å²) in [5, 5.41) is 0.736. The highest BCUT2D eigenvalue weighted by Gasteiger charge is 2.15. The van der Waals surface area contributed by atoms with Crippen LogP contribution in [0.3, 0.4) is 0 Å². The summed E-state index contributed by atoms with van der Waals surface area (Å²) in [5.41, 5.74) is 1.65. The van der Waals surface area contributed by atoms with Crippen LogP contribution in [0.4, 0.5) is 10.1 Å². The molecular formula is C19H18ClFN2O. The van der Waals surface area contributed by atoms with E-state index in [1.165, 1.54) is 24.3 Å². The minimum Gasteiger partial charge on any atom is -0.374 e. The fraction of sp³-hybridized carbons (Fsp3) is 0.211. The molecule has 1 aliphatic heterocycles. The number of rotatable bonds is 4. The van der Waals surface area contributed by atoms with Gasteiger partial charge in [0.2, 0.25) is 0 Å². The molecule has 2 aromatic rings. The van der Waals surface area contributed by atoms with Gasteiger partial charge in [-0.2, -0.15) is 0 Å². The van der Waals surface area contributed by atoms with Crippen LogP contribution in [0, 0.1) is 5.82 Å². The van der Waals surface area contributed by atoms with E-state index in [0.717, 1.165) is 36.9 Å². The normalized spacial score (nSPS) is 15.1. The summed E-state index contributed by atoms with van der Waals surface area (Å²) in [6.45, 7) is 3.46. The summed E-state index contributed by atoms with van der Waals surface area (Å²) < 4.78 is 12.9. The Morgan fingerprint density at radius 1 is 0.958 bits per heavy atom. The van der Waals surface area contributed by atoms with Crippen molar-refractivity contribution in [3.63, 3.8) is 0 Å². The maximum absolute atomic E-state index is 12.9. The van der Waals surface area contributed by atoms with Crippen LogP contribution in [0.2, 0.25) is 5.02 Å². The van der Waals surface area contributed by atoms with Crippen molar-refractivity contribution in [2.75, 3.05) is 31.1 Å². The SMILES string of the molecule is O=C(/C=C/N1CCN(c2ccc(Cl)cc2)CC1)c1ccc(F)cc1. The number of benzene rings is 2. The first kappa shape index (κ1) is 16.5. The molecule has 0 radical (unpaired) electrons. The second-order valence-electron chi connectivity index (χ2n) is 5.69. The fourth-order valence-corrected chi connectivity index (χ4v) is 2.79. The summed E-state index contributed by atoms with van der Waals surface area (Å²) in [7, 11) is 0. The number of hydrogen-bond acceptors (Lipinski definition) is 3. The molecule has 24 heavy (non-hydrogen) atoms. The van der Waals surface area contributed by atoms with E-state index in [1.807, 2.05) is 30.5 Å². The van der Waals surface area contributed by atoms with Crippen LogP contribution in [-0.4, -0.2) is 36.9 Å². The lowest BCUT2D eigenvalue weighted by Gasteiger charge is -2.35. The Labute approximate surface area is 145 Å². The molecule has 0 aliphatic carbocycles. The van der Waals surface area contributed by atoms with Crippen LogP contribution in [-0.2, 0) is 0 Å². The summed E-state index contributed by atoms with van der Waals surface area (Å²) in [5.74, 6) is -0.455. The Kier molecular flexibility index (Phi) is 5.16. The number of nitrogens with zero attached hydrogens (tertiary/aromatic N) is 2. The summed E-state index contributed by atoms with van der Waals surface area (Å²) in [6.07, 6.45) is 3.37. The van der Waals surface area contributed by atoms with Gasteiger partial charge in [0.1, 0.15) is 5.82 Å². The van der Waals surface area contributed by atoms with Crippen LogP contribution in [0.15, 0.2) is 60.8 Å². The van der Waals surface area contributed by atoms with Gasteiger partial charge in [-0.3, -0.25) is 4.79 Å². The van der Waals surface area contributed by atoms with Gasteiger partial charge in [-0.1, -0.05) is 11.6 Å². The molecule has 0 bridgehead atoms. The Morgan fingerprint density at radius 3 is 2.21 bits per heavy atom. The quantitative estimate of drug-likeness (QED) is 0.618. The monoisotopic (exact) mass is 344 g/mol. The van der Waals surface area contributed by atoms with Crippen molar-refractivity contribution in [1.82, 2.24) is 4.90 Å². The zero-order valence-electron chi connectivity index (χ0n) is 13.2. The largest absolute Gasteiger partial charge is 0.374 e. The van der Waals surface area contributed by atoms with Crippen LogP contribution in [0.25, 0.3) is 0 Å². The van der Waals surface area contributed by atoms with E-state index in [-0.39, 0.29) is 11.6 Å². The lowest BCUT2D eigenvalue weighted by atomic mass is 10.1. The first-order valence-electron chi connectivity index (χ1n) is 7.84. The van der Waals surface area contributed by atoms with E-state index in [0.29, 0.717) is 5.56 Å². The Balaban J connectivity index is 1.54. The Bertz CT molecular complexity index is 720. The second-order valence-corrected chi connectivity index (χ2v) is 6.12. The first-order valence-corrected chi connectivity index (χ1v) is 8.22. The topological polar surface area (TPSA) is 23.6 Å². The average molecular weight is 345 g/mol. The van der Waals surface area contributed by atoms with Gasteiger partial charge in [-0.15, -0.1) is 0 Å². The molecule has 1 saturated heterocycles. The lowest BCUT2D eigenvalue weighted by Crippen LogP contribution is -2.44. The predicted molar refractivity (Wildman–Crippen MR) is 95.1 cm³/mol. The standard InChI is InChI=1S/C19H18ClFN2O/c20-16-3-7-18(8-4-16)23-13-11-22(12-14-23)10-9-19(24)15-1-5-17(21)6-2-15/h1-10H,11-14H2/b10-9+. The third kappa shape index (κ3) is 4.15. The van der Waals surface area contributed by atoms with Gasteiger partial charge >= 0.3 is 0 Å². The molecule has 0 aromatic heterocycles. The number of carbonyl (C=O) groups is 1. The zero-order chi connectivity index (χ0) is 16.9. The molecule has 0 spiro atoms. The third-order valence-electron chi connectivity index (χ3n) is 4.07. The molecule has 5 heteroatoms. The van der Waals surface area contributed by atoms with Gasteiger partial charge in [0.25, 0.3) is 0 Å². The van der Waals surface area contributed by atoms with Crippen molar-refractivity contribution in [2.45, 2.75) is 0 Å². The van der Waals surface area contributed by atoms with E-state index in [4.69, 9.17) is 11.6 Å². The maximum Gasteiger partial charge on any atom is 0.187 e. The molecule has 0 amide bonds. The average Bonchev–Trinajstić information content (AvgIpc) is 2.61. The molecular weight excluding hydrogens is 327 g/mol. The minimum absolute atomic E-state index is 0.116.